The van der Waals surface area contributed by atoms with E-state index in [-0.39, 0.29) is 61.2 Å². The van der Waals surface area contributed by atoms with Crippen LogP contribution in [0.25, 0.3) is 0 Å². The molecule has 1 amide bonds. The second-order valence-electron chi connectivity index (χ2n) is 15.8. The highest BCUT2D eigenvalue weighted by Gasteiger charge is 2.30. The van der Waals surface area contributed by atoms with Gasteiger partial charge in [-0.1, -0.05) is 80.4 Å². The number of rotatable bonds is 20. The molecule has 55 heavy (non-hydrogen) atoms. The molecule has 0 fully saturated rings. The Hall–Kier alpha value is -3.58. The minimum atomic E-state index is -3.92. The van der Waals surface area contributed by atoms with Crippen LogP contribution in [-0.4, -0.2) is 70.6 Å². The van der Waals surface area contributed by atoms with Crippen molar-refractivity contribution in [3.05, 3.63) is 93.0 Å². The predicted octanol–water partition coefficient (Wildman–Crippen LogP) is 7.74. The van der Waals surface area contributed by atoms with E-state index in [2.05, 4.69) is 30.8 Å². The maximum Gasteiger partial charge on any atom is 0.305 e. The van der Waals surface area contributed by atoms with Gasteiger partial charge in [-0.3, -0.25) is 9.59 Å². The van der Waals surface area contributed by atoms with Crippen LogP contribution in [0.3, 0.4) is 0 Å². The number of carbonyl (C=O) groups excluding carboxylic acids is 2. The van der Waals surface area contributed by atoms with Crippen LogP contribution in [0.1, 0.15) is 110 Å². The largest absolute Gasteiger partial charge is 0.469 e. The topological polar surface area (TPSA) is 130 Å². The zero-order valence-corrected chi connectivity index (χ0v) is 36.3. The summed E-state index contributed by atoms with van der Waals surface area (Å²) in [6.07, 6.45) is 2.88. The van der Waals surface area contributed by atoms with Crippen molar-refractivity contribution in [2.75, 3.05) is 33.3 Å². The fraction of sp³-hybridized carbons (Fsp3) is 0.535. The molecular formula is C43H63N3O7S2. The Bertz CT molecular complexity index is 1960. The number of nitrogens with one attached hydrogen (secondary N) is 1. The van der Waals surface area contributed by atoms with E-state index in [1.807, 2.05) is 76.2 Å². The molecule has 0 atom stereocenters. The molecule has 10 nitrogen and oxygen atoms in total. The summed E-state index contributed by atoms with van der Waals surface area (Å²) in [5.74, 6) is -0.463. The molecule has 1 N–H and O–H groups in total. The van der Waals surface area contributed by atoms with E-state index in [0.29, 0.717) is 65.8 Å². The summed E-state index contributed by atoms with van der Waals surface area (Å²) in [5, 5.41) is 2.87. The lowest BCUT2D eigenvalue weighted by Crippen LogP contribution is -2.37. The second-order valence-corrected chi connectivity index (χ2v) is 19.6. The summed E-state index contributed by atoms with van der Waals surface area (Å²) in [6.45, 7) is 18.6. The highest BCUT2D eigenvalue weighted by Crippen LogP contribution is 2.29. The summed E-state index contributed by atoms with van der Waals surface area (Å²) in [7, 11) is -6.49. The Labute approximate surface area is 331 Å². The number of ether oxygens (including phenoxy) is 1. The van der Waals surface area contributed by atoms with Gasteiger partial charge in [0.25, 0.3) is 0 Å². The van der Waals surface area contributed by atoms with Crippen molar-refractivity contribution in [1.82, 2.24) is 13.9 Å². The van der Waals surface area contributed by atoms with Crippen molar-refractivity contribution >= 4 is 31.9 Å². The third-order valence-electron chi connectivity index (χ3n) is 9.82. The normalized spacial score (nSPS) is 12.4. The zero-order valence-electron chi connectivity index (χ0n) is 34.7. The number of hydrogen-bond donors (Lipinski definition) is 1. The molecule has 0 aliphatic carbocycles. The lowest BCUT2D eigenvalue weighted by molar-refractivity contribution is -0.140. The van der Waals surface area contributed by atoms with Crippen LogP contribution in [0.5, 0.6) is 0 Å². The van der Waals surface area contributed by atoms with Crippen molar-refractivity contribution < 1.29 is 31.2 Å². The minimum Gasteiger partial charge on any atom is -0.469 e. The molecule has 0 heterocycles. The number of benzene rings is 3. The summed E-state index contributed by atoms with van der Waals surface area (Å²) >= 11 is 0. The number of unbranched alkanes of at least 4 members (excludes halogenated alkanes) is 2. The minimum absolute atomic E-state index is 0.0410. The monoisotopic (exact) mass is 797 g/mol. The molecule has 0 aliphatic rings. The van der Waals surface area contributed by atoms with Crippen molar-refractivity contribution in [1.29, 1.82) is 0 Å². The highest BCUT2D eigenvalue weighted by molar-refractivity contribution is 7.89. The number of aryl methyl sites for hydroxylation is 6. The first kappa shape index (κ1) is 45.8. The van der Waals surface area contributed by atoms with Gasteiger partial charge < -0.3 is 10.1 Å². The van der Waals surface area contributed by atoms with Gasteiger partial charge in [0, 0.05) is 45.6 Å². The number of carbonyl (C=O) groups is 2. The van der Waals surface area contributed by atoms with Crippen molar-refractivity contribution in [3.8, 4) is 0 Å². The van der Waals surface area contributed by atoms with E-state index in [0.717, 1.165) is 22.3 Å². The van der Waals surface area contributed by atoms with Crippen molar-refractivity contribution in [2.24, 2.45) is 0 Å². The molecule has 304 valence electrons. The number of sulfonamides is 2. The number of esters is 1. The van der Waals surface area contributed by atoms with Crippen LogP contribution >= 0.6 is 0 Å². The van der Waals surface area contributed by atoms with E-state index in [4.69, 9.17) is 0 Å². The average molecular weight is 798 g/mol. The third-order valence-corrected chi connectivity index (χ3v) is 14.2. The van der Waals surface area contributed by atoms with Crippen LogP contribution in [0, 0.1) is 41.5 Å². The summed E-state index contributed by atoms with van der Waals surface area (Å²) in [4.78, 5) is 24.4. The van der Waals surface area contributed by atoms with Crippen LogP contribution < -0.4 is 5.32 Å². The first-order valence-electron chi connectivity index (χ1n) is 19.3. The molecule has 0 aliphatic heterocycles. The Morgan fingerprint density at radius 2 is 1.07 bits per heavy atom. The second kappa shape index (κ2) is 20.0. The van der Waals surface area contributed by atoms with Gasteiger partial charge in [0.1, 0.15) is 0 Å². The Balaban J connectivity index is 1.81. The van der Waals surface area contributed by atoms with Crippen LogP contribution in [0.2, 0.25) is 0 Å². The summed E-state index contributed by atoms with van der Waals surface area (Å²) in [6, 6.07) is 15.6. The van der Waals surface area contributed by atoms with Gasteiger partial charge in [0.05, 0.1) is 16.9 Å². The maximum atomic E-state index is 14.4. The standard InChI is InChI=1S/C43H63N3O7S2/c1-31-26-33(3)41(34(4)27-31)54(49,50)45(25-15-22-44-39(47)16-11-12-17-40(48)53-10)23-13-14-24-46(30-37-18-20-38(21-19-37)43(7,8)9)55(51,52)42-35(5)28-32(2)29-36(42)6/h18-21,26-29H,11-17,22-25,30H2,1-10H3,(H,44,47). The molecule has 3 rings (SSSR count). The zero-order chi connectivity index (χ0) is 41.1. The molecule has 3 aromatic carbocycles. The fourth-order valence-electron chi connectivity index (χ4n) is 7.16. The molecular weight excluding hydrogens is 735 g/mol. The van der Waals surface area contributed by atoms with E-state index in [1.165, 1.54) is 15.7 Å². The van der Waals surface area contributed by atoms with Gasteiger partial charge in [-0.05, 0) is 112 Å². The van der Waals surface area contributed by atoms with E-state index < -0.39 is 20.0 Å². The first-order valence-corrected chi connectivity index (χ1v) is 22.2. The SMILES string of the molecule is COC(=O)CCCCC(=O)NCCCN(CCCCN(Cc1ccc(C(C)(C)C)cc1)S(=O)(=O)c1c(C)cc(C)cc1C)S(=O)(=O)c1c(C)cc(C)cc1C. The third kappa shape index (κ3) is 13.0. The fourth-order valence-corrected chi connectivity index (χ4v) is 11.0. The van der Waals surface area contributed by atoms with Gasteiger partial charge in [-0.15, -0.1) is 0 Å². The molecule has 0 bridgehead atoms. The Kier molecular flexibility index (Phi) is 16.7. The lowest BCUT2D eigenvalue weighted by atomic mass is 9.87. The van der Waals surface area contributed by atoms with Crippen LogP contribution in [0.4, 0.5) is 0 Å². The van der Waals surface area contributed by atoms with Crippen molar-refractivity contribution in [3.63, 3.8) is 0 Å². The van der Waals surface area contributed by atoms with Gasteiger partial charge in [-0.25, -0.2) is 16.8 Å². The van der Waals surface area contributed by atoms with Crippen LogP contribution in [-0.2, 0) is 46.3 Å². The lowest BCUT2D eigenvalue weighted by Gasteiger charge is -2.27. The molecule has 3 aromatic rings. The van der Waals surface area contributed by atoms with E-state index >= 15 is 0 Å². The van der Waals surface area contributed by atoms with E-state index in [9.17, 15) is 26.4 Å². The Morgan fingerprint density at radius 3 is 1.55 bits per heavy atom. The average Bonchev–Trinajstić information content (AvgIpc) is 3.07. The molecule has 0 unspecified atom stereocenters. The molecule has 0 saturated heterocycles. The smallest absolute Gasteiger partial charge is 0.305 e. The highest BCUT2D eigenvalue weighted by atomic mass is 32.2. The number of hydrogen-bond acceptors (Lipinski definition) is 7. The van der Waals surface area contributed by atoms with Gasteiger partial charge in [0.15, 0.2) is 0 Å². The summed E-state index contributed by atoms with van der Waals surface area (Å²) < 4.78 is 65.0. The maximum absolute atomic E-state index is 14.4. The van der Waals surface area contributed by atoms with Gasteiger partial charge >= 0.3 is 5.97 Å². The molecule has 0 saturated carbocycles. The summed E-state index contributed by atoms with van der Waals surface area (Å²) in [5.41, 5.74) is 6.69. The molecule has 12 heteroatoms. The van der Waals surface area contributed by atoms with Gasteiger partial charge in [0.2, 0.25) is 26.0 Å². The quantitative estimate of drug-likeness (QED) is 0.0915. The predicted molar refractivity (Wildman–Crippen MR) is 220 cm³/mol. The molecule has 0 radical (unpaired) electrons. The molecule has 0 spiro atoms. The van der Waals surface area contributed by atoms with E-state index in [1.54, 1.807) is 13.8 Å². The molecule has 0 aromatic heterocycles. The van der Waals surface area contributed by atoms with Crippen LogP contribution in [0.15, 0.2) is 58.3 Å². The Morgan fingerprint density at radius 1 is 0.636 bits per heavy atom. The van der Waals surface area contributed by atoms with Crippen molar-refractivity contribution in [2.45, 2.75) is 129 Å². The first-order chi connectivity index (χ1) is 25.7. The number of amides is 1. The number of methoxy groups -OCH3 is 1. The number of nitrogens with zero attached hydrogens (tertiary/aromatic N) is 2. The van der Waals surface area contributed by atoms with Gasteiger partial charge in [-0.2, -0.15) is 8.61 Å².